The Morgan fingerprint density at radius 3 is 1.91 bits per heavy atom. The summed E-state index contributed by atoms with van der Waals surface area (Å²) in [6.07, 6.45) is 12.7. The average Bonchev–Trinajstić information content (AvgIpc) is 2.84. The van der Waals surface area contributed by atoms with E-state index in [-0.39, 0.29) is 6.10 Å². The molecule has 1 aliphatic rings. The van der Waals surface area contributed by atoms with E-state index in [4.69, 9.17) is 4.43 Å². The van der Waals surface area contributed by atoms with Gasteiger partial charge in [-0.15, -0.1) is 5.92 Å². The van der Waals surface area contributed by atoms with Gasteiger partial charge in [0.25, 0.3) is 0 Å². The summed E-state index contributed by atoms with van der Waals surface area (Å²) in [7, 11) is -4.20. The van der Waals surface area contributed by atoms with Crippen LogP contribution < -0.4 is 10.4 Å². The smallest absolute Gasteiger partial charge is 0.241 e. The molecule has 0 amide bonds. The second kappa shape index (κ2) is 12.7. The van der Waals surface area contributed by atoms with Crippen LogP contribution in [0, 0.1) is 17.8 Å². The van der Waals surface area contributed by atoms with Crippen LogP contribution in [-0.4, -0.2) is 21.5 Å². The highest BCUT2D eigenvalue weighted by Gasteiger charge is 2.53. The molecule has 1 nitrogen and oxygen atoms in total. The molecule has 0 heterocycles. The number of unbranched alkanes of at least 4 members (excludes halogenated alkanes) is 4. The molecule has 2 aromatic carbocycles. The molecule has 0 N–H and O–H groups in total. The molecule has 1 unspecified atom stereocenters. The highest BCUT2D eigenvalue weighted by molar-refractivity contribution is 7.48. The second-order valence-electron chi connectivity index (χ2n) is 10.7. The van der Waals surface area contributed by atoms with Crippen molar-refractivity contribution in [3.63, 3.8) is 0 Å². The molecule has 3 rings (SSSR count). The summed E-state index contributed by atoms with van der Waals surface area (Å²) in [5.41, 5.74) is 0. The van der Waals surface area contributed by atoms with E-state index in [9.17, 15) is 0 Å². The van der Waals surface area contributed by atoms with Crippen LogP contribution in [-0.2, 0) is 4.43 Å². The van der Waals surface area contributed by atoms with Crippen LogP contribution in [0.1, 0.15) is 71.1 Å². The van der Waals surface area contributed by atoms with Crippen molar-refractivity contribution in [2.24, 2.45) is 5.92 Å². The van der Waals surface area contributed by atoms with Gasteiger partial charge in [0.2, 0.25) is 7.83 Å². The zero-order chi connectivity index (χ0) is 23.6. The van der Waals surface area contributed by atoms with E-state index < -0.39 is 15.4 Å². The Kier molecular flexibility index (Phi) is 10.0. The first kappa shape index (κ1) is 26.0. The second-order valence-corrected chi connectivity index (χ2v) is 24.6. The lowest BCUT2D eigenvalue weighted by Gasteiger charge is -2.45. The molecule has 1 fully saturated rings. The average molecular weight is 477 g/mol. The van der Waals surface area contributed by atoms with Gasteiger partial charge in [0.05, 0.1) is 7.59 Å². The molecule has 0 aromatic heterocycles. The fraction of sp³-hybridized carbons (Fsp3) is 0.533. The Morgan fingerprint density at radius 1 is 0.818 bits per heavy atom. The van der Waals surface area contributed by atoms with Gasteiger partial charge in [-0.1, -0.05) is 132 Å². The van der Waals surface area contributed by atoms with E-state index in [2.05, 4.69) is 99.1 Å². The minimum Gasteiger partial charge on any atom is -0.397 e. The molecule has 1 aliphatic carbocycles. The summed E-state index contributed by atoms with van der Waals surface area (Å²) in [6.45, 7) is 9.80. The normalized spacial score (nSPS) is 16.1. The fourth-order valence-electron chi connectivity index (χ4n) is 5.38. The Labute approximate surface area is 205 Å². The van der Waals surface area contributed by atoms with Gasteiger partial charge in [-0.25, -0.2) is 0 Å². The van der Waals surface area contributed by atoms with Crippen molar-refractivity contribution < 1.29 is 4.43 Å². The SMILES string of the molecule is CCCCCCC#CC(O[Si](c1ccccc1)(c1ccccc1)[Si](C)(C)C)C1CCCCC1. The maximum atomic E-state index is 7.57. The monoisotopic (exact) mass is 476 g/mol. The van der Waals surface area contributed by atoms with E-state index in [0.29, 0.717) is 5.92 Å². The third kappa shape index (κ3) is 6.72. The highest BCUT2D eigenvalue weighted by atomic mass is 29.3. The van der Waals surface area contributed by atoms with E-state index in [1.165, 1.54) is 68.2 Å². The minimum absolute atomic E-state index is 0.0512. The van der Waals surface area contributed by atoms with Crippen molar-refractivity contribution in [3.05, 3.63) is 60.7 Å². The van der Waals surface area contributed by atoms with E-state index >= 15 is 0 Å². The van der Waals surface area contributed by atoms with Gasteiger partial charge in [-0.05, 0) is 35.6 Å². The molecule has 1 saturated carbocycles. The van der Waals surface area contributed by atoms with E-state index in [1.807, 2.05) is 0 Å². The number of rotatable bonds is 10. The molecule has 0 spiro atoms. The van der Waals surface area contributed by atoms with Crippen LogP contribution in [0.2, 0.25) is 19.6 Å². The lowest BCUT2D eigenvalue weighted by atomic mass is 9.85. The van der Waals surface area contributed by atoms with Crippen LogP contribution in [0.3, 0.4) is 0 Å². The van der Waals surface area contributed by atoms with Gasteiger partial charge in [0, 0.05) is 6.42 Å². The van der Waals surface area contributed by atoms with Crippen molar-refractivity contribution in [1.82, 2.24) is 0 Å². The van der Waals surface area contributed by atoms with Crippen LogP contribution in [0.5, 0.6) is 0 Å². The van der Waals surface area contributed by atoms with Crippen molar-refractivity contribution in [2.45, 2.75) is 96.9 Å². The van der Waals surface area contributed by atoms with E-state index in [0.717, 1.165) is 6.42 Å². The zero-order valence-electron chi connectivity index (χ0n) is 21.4. The third-order valence-electron chi connectivity index (χ3n) is 7.20. The van der Waals surface area contributed by atoms with Gasteiger partial charge in [0.15, 0.2) is 0 Å². The number of hydrogen-bond donors (Lipinski definition) is 0. The van der Waals surface area contributed by atoms with Crippen LogP contribution >= 0.6 is 0 Å². The summed E-state index contributed by atoms with van der Waals surface area (Å²) >= 11 is 0. The summed E-state index contributed by atoms with van der Waals surface area (Å²) < 4.78 is 7.57. The molecular formula is C30H44OSi2. The largest absolute Gasteiger partial charge is 0.397 e. The number of benzene rings is 2. The van der Waals surface area contributed by atoms with Crippen molar-refractivity contribution >= 4 is 25.8 Å². The maximum absolute atomic E-state index is 7.57. The molecule has 0 saturated heterocycles. The molecule has 0 aliphatic heterocycles. The minimum atomic E-state index is -2.44. The van der Waals surface area contributed by atoms with E-state index in [1.54, 1.807) is 0 Å². The first-order valence-corrected chi connectivity index (χ1v) is 19.7. The van der Waals surface area contributed by atoms with Gasteiger partial charge >= 0.3 is 0 Å². The summed E-state index contributed by atoms with van der Waals surface area (Å²) in [4.78, 5) is 0. The topological polar surface area (TPSA) is 9.23 Å². The van der Waals surface area contributed by atoms with Gasteiger partial charge in [-0.3, -0.25) is 0 Å². The molecule has 3 heteroatoms. The van der Waals surface area contributed by atoms with Crippen molar-refractivity contribution in [3.8, 4) is 11.8 Å². The quantitative estimate of drug-likeness (QED) is 0.202. The Morgan fingerprint density at radius 2 is 1.39 bits per heavy atom. The molecule has 33 heavy (non-hydrogen) atoms. The lowest BCUT2D eigenvalue weighted by Crippen LogP contribution is -2.76. The first-order chi connectivity index (χ1) is 16.0. The molecule has 0 bridgehead atoms. The van der Waals surface area contributed by atoms with Crippen molar-refractivity contribution in [1.29, 1.82) is 0 Å². The van der Waals surface area contributed by atoms with Crippen LogP contribution in [0.25, 0.3) is 0 Å². The highest BCUT2D eigenvalue weighted by Crippen LogP contribution is 2.32. The Bertz CT molecular complexity index is 831. The van der Waals surface area contributed by atoms with Crippen LogP contribution in [0.4, 0.5) is 0 Å². The zero-order valence-corrected chi connectivity index (χ0v) is 23.4. The molecular weight excluding hydrogens is 433 g/mol. The van der Waals surface area contributed by atoms with Crippen LogP contribution in [0.15, 0.2) is 60.7 Å². The molecule has 1 atom stereocenters. The third-order valence-corrected chi connectivity index (χ3v) is 20.6. The standard InChI is InChI=1S/C30H44OSi2/c1-5-6-7-8-9-19-26-30(27-20-13-10-14-21-27)31-33(32(2,3)4,28-22-15-11-16-23-28)29-24-17-12-18-25-29/h11-12,15-18,22-25,27,30H,5-10,13-14,20-21H2,1-4H3. The summed E-state index contributed by atoms with van der Waals surface area (Å²) in [5, 5.41) is 2.84. The molecule has 0 radical (unpaired) electrons. The van der Waals surface area contributed by atoms with Crippen molar-refractivity contribution in [2.75, 3.05) is 0 Å². The number of hydrogen-bond acceptors (Lipinski definition) is 1. The van der Waals surface area contributed by atoms with Gasteiger partial charge in [-0.2, -0.15) is 0 Å². The lowest BCUT2D eigenvalue weighted by molar-refractivity contribution is 0.155. The summed E-state index contributed by atoms with van der Waals surface area (Å²) in [5.74, 6) is 7.87. The Balaban J connectivity index is 2.02. The van der Waals surface area contributed by atoms with Gasteiger partial charge in [0.1, 0.15) is 6.10 Å². The fourth-order valence-corrected chi connectivity index (χ4v) is 17.7. The molecule has 2 aromatic rings. The Hall–Kier alpha value is -1.61. The predicted octanol–water partition coefficient (Wildman–Crippen LogP) is 7.10. The predicted molar refractivity (Wildman–Crippen MR) is 149 cm³/mol. The summed E-state index contributed by atoms with van der Waals surface area (Å²) in [6, 6.07) is 22.3. The molecule has 178 valence electrons. The first-order valence-electron chi connectivity index (χ1n) is 13.3. The maximum Gasteiger partial charge on any atom is 0.241 e. The van der Waals surface area contributed by atoms with Gasteiger partial charge < -0.3 is 4.43 Å².